The van der Waals surface area contributed by atoms with Crippen molar-refractivity contribution in [3.05, 3.63) is 82.5 Å². The molecule has 0 aliphatic heterocycles. The average molecular weight is 608 g/mol. The largest absolute Gasteiger partial charge is 0.493 e. The van der Waals surface area contributed by atoms with Crippen LogP contribution in [-0.4, -0.2) is 28.6 Å². The van der Waals surface area contributed by atoms with Crippen molar-refractivity contribution < 1.29 is 24.2 Å². The van der Waals surface area contributed by atoms with Gasteiger partial charge in [0.15, 0.2) is 5.75 Å². The van der Waals surface area contributed by atoms with Crippen molar-refractivity contribution in [2.45, 2.75) is 86.5 Å². The molecule has 1 aliphatic rings. The molecule has 7 heteroatoms. The first-order chi connectivity index (χ1) is 20.2. The molecule has 1 heterocycles. The summed E-state index contributed by atoms with van der Waals surface area (Å²) in [4.78, 5) is 25.7. The second-order valence-electron chi connectivity index (χ2n) is 13.5. The number of aromatic amines is 1. The minimum absolute atomic E-state index is 0.156. The summed E-state index contributed by atoms with van der Waals surface area (Å²) in [7, 11) is 0. The molecule has 0 saturated carbocycles. The maximum atomic E-state index is 12.4. The Morgan fingerprint density at radius 3 is 2.40 bits per heavy atom. The molecule has 0 amide bonds. The van der Waals surface area contributed by atoms with Gasteiger partial charge >= 0.3 is 11.9 Å². The van der Waals surface area contributed by atoms with Gasteiger partial charge in [0, 0.05) is 12.6 Å². The first kappa shape index (κ1) is 34.0. The predicted octanol–water partition coefficient (Wildman–Crippen LogP) is 9.50. The minimum atomic E-state index is -0.735. The van der Waals surface area contributed by atoms with Crippen molar-refractivity contribution in [1.82, 2.24) is 4.98 Å². The molecule has 0 bridgehead atoms. The fraction of sp³-hybridized carbons (Fsp3) is 0.444. The zero-order valence-electron chi connectivity index (χ0n) is 26.4. The van der Waals surface area contributed by atoms with Gasteiger partial charge in [-0.2, -0.15) is 0 Å². The lowest BCUT2D eigenvalue weighted by Gasteiger charge is -2.23. The Bertz CT molecular complexity index is 1450. The smallest absolute Gasteiger partial charge is 0.311 e. The van der Waals surface area contributed by atoms with Gasteiger partial charge in [-0.25, -0.2) is 0 Å². The number of carbonyl (C=O) groups is 2. The number of benzene rings is 2. The summed E-state index contributed by atoms with van der Waals surface area (Å²) < 4.78 is 11.7. The number of allylic oxidation sites excluding steroid dienone is 3. The zero-order valence-corrected chi connectivity index (χ0v) is 27.1. The van der Waals surface area contributed by atoms with Crippen molar-refractivity contribution in [3.63, 3.8) is 0 Å². The number of halogens is 1. The highest BCUT2D eigenvalue weighted by Crippen LogP contribution is 2.33. The summed E-state index contributed by atoms with van der Waals surface area (Å²) in [5.74, 6) is 0.333. The normalized spacial score (nSPS) is 13.2. The van der Waals surface area contributed by atoms with Gasteiger partial charge in [-0.1, -0.05) is 95.1 Å². The van der Waals surface area contributed by atoms with E-state index in [1.807, 2.05) is 30.4 Å². The lowest BCUT2D eigenvalue weighted by Crippen LogP contribution is -2.14. The van der Waals surface area contributed by atoms with Gasteiger partial charge in [-0.15, -0.1) is 0 Å². The number of carbonyl (C=O) groups excluding carboxylic acids is 1. The van der Waals surface area contributed by atoms with Gasteiger partial charge in [0.05, 0.1) is 29.0 Å². The number of aliphatic carboxylic acids is 1. The topological polar surface area (TPSA) is 88.6 Å². The number of ether oxygens (including phenoxy) is 2. The molecule has 232 valence electrons. The van der Waals surface area contributed by atoms with Crippen LogP contribution in [0.2, 0.25) is 5.02 Å². The first-order valence-corrected chi connectivity index (χ1v) is 15.4. The number of rotatable bonds is 10. The van der Waals surface area contributed by atoms with E-state index in [1.54, 1.807) is 12.3 Å². The van der Waals surface area contributed by atoms with E-state index < -0.39 is 5.97 Å². The van der Waals surface area contributed by atoms with E-state index in [-0.39, 0.29) is 29.6 Å². The van der Waals surface area contributed by atoms with E-state index in [0.29, 0.717) is 23.8 Å². The molecule has 3 aromatic rings. The minimum Gasteiger partial charge on any atom is -0.493 e. The number of fused-ring (bicyclic) bond motifs is 1. The Balaban J connectivity index is 0.000000428. The Kier molecular flexibility index (Phi) is 12.1. The van der Waals surface area contributed by atoms with Crippen molar-refractivity contribution in [2.24, 2.45) is 10.8 Å². The van der Waals surface area contributed by atoms with Gasteiger partial charge in [-0.3, -0.25) is 9.59 Å². The van der Waals surface area contributed by atoms with Crippen LogP contribution >= 0.6 is 11.6 Å². The highest BCUT2D eigenvalue weighted by atomic mass is 35.5. The van der Waals surface area contributed by atoms with Crippen molar-refractivity contribution in [2.75, 3.05) is 6.61 Å². The molecule has 0 spiro atoms. The van der Waals surface area contributed by atoms with Gasteiger partial charge in [0.1, 0.15) is 5.75 Å². The molecule has 0 saturated heterocycles. The Morgan fingerprint density at radius 2 is 1.74 bits per heavy atom. The van der Waals surface area contributed by atoms with Crippen LogP contribution in [0, 0.1) is 10.8 Å². The van der Waals surface area contributed by atoms with E-state index in [2.05, 4.69) is 64.7 Å². The van der Waals surface area contributed by atoms with Gasteiger partial charge in [0.25, 0.3) is 0 Å². The summed E-state index contributed by atoms with van der Waals surface area (Å²) in [5.41, 5.74) is 4.81. The molecule has 0 fully saturated rings. The molecular weight excluding hydrogens is 562 g/mol. The maximum absolute atomic E-state index is 12.4. The number of carboxylic acid groups (broad SMARTS) is 1. The van der Waals surface area contributed by atoms with Crippen molar-refractivity contribution in [1.29, 1.82) is 0 Å². The summed E-state index contributed by atoms with van der Waals surface area (Å²) in [6.07, 6.45) is 12.4. The van der Waals surface area contributed by atoms with Crippen molar-refractivity contribution in [3.8, 4) is 11.5 Å². The predicted molar refractivity (Wildman–Crippen MR) is 175 cm³/mol. The molecule has 0 unspecified atom stereocenters. The number of nitrogens with one attached hydrogen (secondary N) is 1. The van der Waals surface area contributed by atoms with E-state index >= 15 is 0 Å². The van der Waals surface area contributed by atoms with Crippen LogP contribution < -0.4 is 9.47 Å². The van der Waals surface area contributed by atoms with Gasteiger partial charge < -0.3 is 19.6 Å². The summed E-state index contributed by atoms with van der Waals surface area (Å²) in [6.45, 7) is 13.9. The molecule has 6 nitrogen and oxygen atoms in total. The molecule has 0 atom stereocenters. The SMILES string of the molecule is CC(C)(C)Cc1ccc(OCCCC(=O)Oc2c[nH]c3cccc(Cl)c23)c(CC(C)(C)C)c1.O=C(O)CC1=CC=CCC1. The third-order valence-corrected chi connectivity index (χ3v) is 7.00. The lowest BCUT2D eigenvalue weighted by atomic mass is 9.84. The molecular formula is C36H46ClNO5. The number of aromatic nitrogens is 1. The van der Waals surface area contributed by atoms with Gasteiger partial charge in [0.2, 0.25) is 0 Å². The first-order valence-electron chi connectivity index (χ1n) is 15.0. The fourth-order valence-corrected chi connectivity index (χ4v) is 5.23. The van der Waals surface area contributed by atoms with Crippen LogP contribution in [0.1, 0.15) is 84.8 Å². The third-order valence-electron chi connectivity index (χ3n) is 6.68. The Hall–Kier alpha value is -3.51. The Morgan fingerprint density at radius 1 is 1.00 bits per heavy atom. The molecule has 2 aromatic carbocycles. The van der Waals surface area contributed by atoms with E-state index in [9.17, 15) is 9.59 Å². The molecule has 2 N–H and O–H groups in total. The monoisotopic (exact) mass is 607 g/mol. The van der Waals surface area contributed by atoms with Crippen LogP contribution in [0.3, 0.4) is 0 Å². The highest BCUT2D eigenvalue weighted by Gasteiger charge is 2.18. The Labute approximate surface area is 261 Å². The summed E-state index contributed by atoms with van der Waals surface area (Å²) in [5, 5.41) is 9.69. The van der Waals surface area contributed by atoms with Gasteiger partial charge in [-0.05, 0) is 72.3 Å². The quantitative estimate of drug-likeness (QED) is 0.177. The standard InChI is InChI=1S/C28H36ClNO3.C8H10O2/c1-27(2,3)16-19-12-13-23(20(15-19)17-28(4,5)6)32-14-8-11-25(31)33-24-18-30-22-10-7-9-21(29)26(22)24;9-8(10)6-7-4-2-1-3-5-7/h7,9-10,12-13,15,18,30H,8,11,14,16-17H2,1-6H3;1-2,4H,3,5-6H2,(H,9,10). The van der Waals surface area contributed by atoms with Crippen LogP contribution in [-0.2, 0) is 22.4 Å². The molecule has 0 radical (unpaired) electrons. The van der Waals surface area contributed by atoms with Crippen molar-refractivity contribution >= 4 is 34.4 Å². The van der Waals surface area contributed by atoms with E-state index in [4.69, 9.17) is 26.2 Å². The average Bonchev–Trinajstić information content (AvgIpc) is 3.30. The third kappa shape index (κ3) is 11.9. The maximum Gasteiger partial charge on any atom is 0.311 e. The second-order valence-corrected chi connectivity index (χ2v) is 13.9. The fourth-order valence-electron chi connectivity index (χ4n) is 4.96. The highest BCUT2D eigenvalue weighted by molar-refractivity contribution is 6.36. The lowest BCUT2D eigenvalue weighted by molar-refractivity contribution is -0.136. The van der Waals surface area contributed by atoms with Crippen LogP contribution in [0.25, 0.3) is 10.9 Å². The zero-order chi connectivity index (χ0) is 31.6. The van der Waals surface area contributed by atoms with E-state index in [1.165, 1.54) is 11.1 Å². The molecule has 1 aliphatic carbocycles. The van der Waals surface area contributed by atoms with Crippen LogP contribution in [0.4, 0.5) is 0 Å². The number of esters is 1. The summed E-state index contributed by atoms with van der Waals surface area (Å²) >= 11 is 6.26. The number of hydrogen-bond acceptors (Lipinski definition) is 4. The molecule has 1 aromatic heterocycles. The number of hydrogen-bond donors (Lipinski definition) is 2. The number of carboxylic acids is 1. The summed E-state index contributed by atoms with van der Waals surface area (Å²) in [6, 6.07) is 12.0. The molecule has 43 heavy (non-hydrogen) atoms. The van der Waals surface area contributed by atoms with Crippen LogP contribution in [0.5, 0.6) is 11.5 Å². The van der Waals surface area contributed by atoms with Crippen LogP contribution in [0.15, 0.2) is 66.4 Å². The second kappa shape index (κ2) is 15.3. The number of H-pyrrole nitrogens is 1. The van der Waals surface area contributed by atoms with E-state index in [0.717, 1.165) is 47.9 Å². The molecule has 4 rings (SSSR count).